The fraction of sp³-hybridized carbons (Fsp3) is 0.571. The van der Waals surface area contributed by atoms with Crippen LogP contribution in [0.2, 0.25) is 5.02 Å². The highest BCUT2D eigenvalue weighted by Gasteiger charge is 2.24. The minimum absolute atomic E-state index is 0.0520. The molecule has 0 aliphatic rings. The molecule has 1 rings (SSSR count). The van der Waals surface area contributed by atoms with Gasteiger partial charge in [-0.3, -0.25) is 0 Å². The molecular formula is C14H22ClNO. The summed E-state index contributed by atoms with van der Waals surface area (Å²) in [7, 11) is 0. The van der Waals surface area contributed by atoms with Gasteiger partial charge in [0.15, 0.2) is 0 Å². The lowest BCUT2D eigenvalue weighted by atomic mass is 9.93. The van der Waals surface area contributed by atoms with Crippen LogP contribution in [0.5, 0.6) is 0 Å². The maximum atomic E-state index is 10.4. The third kappa shape index (κ3) is 4.30. The first-order valence-corrected chi connectivity index (χ1v) is 6.49. The van der Waals surface area contributed by atoms with Crippen molar-refractivity contribution in [2.24, 2.45) is 5.92 Å². The highest BCUT2D eigenvalue weighted by molar-refractivity contribution is 6.30. The molecule has 0 amide bonds. The van der Waals surface area contributed by atoms with Crippen LogP contribution in [-0.4, -0.2) is 17.2 Å². The first-order valence-electron chi connectivity index (χ1n) is 6.11. The van der Waals surface area contributed by atoms with Gasteiger partial charge >= 0.3 is 0 Å². The zero-order valence-corrected chi connectivity index (χ0v) is 11.7. The summed E-state index contributed by atoms with van der Waals surface area (Å²) in [5.41, 5.74) is 0.904. The molecule has 3 heteroatoms. The number of hydrogen-bond acceptors (Lipinski definition) is 2. The number of benzene rings is 1. The molecule has 96 valence electrons. The number of aliphatic hydroxyl groups excluding tert-OH is 1. The van der Waals surface area contributed by atoms with Gasteiger partial charge in [-0.05, 0) is 23.6 Å². The summed E-state index contributed by atoms with van der Waals surface area (Å²) < 4.78 is 0. The monoisotopic (exact) mass is 255 g/mol. The van der Waals surface area contributed by atoms with Crippen molar-refractivity contribution < 1.29 is 5.11 Å². The maximum Gasteiger partial charge on any atom is 0.0945 e. The highest BCUT2D eigenvalue weighted by Crippen LogP contribution is 2.23. The standard InChI is InChI=1S/C14H22ClNO/c1-9(2)13(16-10(3)4)14(17)11-5-7-12(15)8-6-11/h5-10,13-14,16-17H,1-4H3. The molecule has 0 saturated carbocycles. The maximum absolute atomic E-state index is 10.4. The molecule has 0 aliphatic heterocycles. The van der Waals surface area contributed by atoms with Crippen LogP contribution >= 0.6 is 11.6 Å². The summed E-state index contributed by atoms with van der Waals surface area (Å²) in [6.45, 7) is 8.40. The van der Waals surface area contributed by atoms with E-state index >= 15 is 0 Å². The normalized spacial score (nSPS) is 15.3. The Morgan fingerprint density at radius 3 is 2.00 bits per heavy atom. The third-order valence-corrected chi connectivity index (χ3v) is 3.05. The Labute approximate surface area is 109 Å². The molecule has 0 aromatic heterocycles. The van der Waals surface area contributed by atoms with Crippen molar-refractivity contribution in [2.75, 3.05) is 0 Å². The molecule has 1 aromatic carbocycles. The molecule has 0 spiro atoms. The average Bonchev–Trinajstić information content (AvgIpc) is 2.25. The van der Waals surface area contributed by atoms with Crippen molar-refractivity contribution in [3.05, 3.63) is 34.9 Å². The van der Waals surface area contributed by atoms with Crippen LogP contribution in [0.25, 0.3) is 0 Å². The number of hydrogen-bond donors (Lipinski definition) is 2. The van der Waals surface area contributed by atoms with E-state index in [0.717, 1.165) is 5.56 Å². The number of nitrogens with one attached hydrogen (secondary N) is 1. The van der Waals surface area contributed by atoms with Crippen molar-refractivity contribution >= 4 is 11.6 Å². The van der Waals surface area contributed by atoms with Gasteiger partial charge in [-0.1, -0.05) is 51.4 Å². The lowest BCUT2D eigenvalue weighted by molar-refractivity contribution is 0.100. The van der Waals surface area contributed by atoms with Gasteiger partial charge in [-0.15, -0.1) is 0 Å². The average molecular weight is 256 g/mol. The highest BCUT2D eigenvalue weighted by atomic mass is 35.5. The van der Waals surface area contributed by atoms with Crippen molar-refractivity contribution in [1.29, 1.82) is 0 Å². The van der Waals surface area contributed by atoms with E-state index in [4.69, 9.17) is 11.6 Å². The van der Waals surface area contributed by atoms with Gasteiger partial charge in [0.25, 0.3) is 0 Å². The molecule has 0 fully saturated rings. The minimum Gasteiger partial charge on any atom is -0.387 e. The van der Waals surface area contributed by atoms with E-state index < -0.39 is 6.10 Å². The molecule has 2 N–H and O–H groups in total. The predicted molar refractivity (Wildman–Crippen MR) is 73.3 cm³/mol. The van der Waals surface area contributed by atoms with E-state index in [1.54, 1.807) is 0 Å². The fourth-order valence-corrected chi connectivity index (χ4v) is 2.03. The molecule has 2 atom stereocenters. The first kappa shape index (κ1) is 14.5. The molecule has 0 aliphatic carbocycles. The van der Waals surface area contributed by atoms with Gasteiger partial charge in [0.2, 0.25) is 0 Å². The van der Waals surface area contributed by atoms with Crippen molar-refractivity contribution in [2.45, 2.75) is 45.9 Å². The molecule has 1 aromatic rings. The second kappa shape index (κ2) is 6.39. The molecule has 0 bridgehead atoms. The van der Waals surface area contributed by atoms with Crippen LogP contribution in [0.15, 0.2) is 24.3 Å². The number of halogens is 1. The lowest BCUT2D eigenvalue weighted by Crippen LogP contribution is -2.42. The SMILES string of the molecule is CC(C)NC(C(C)C)C(O)c1ccc(Cl)cc1. The summed E-state index contributed by atoms with van der Waals surface area (Å²) in [6, 6.07) is 7.79. The zero-order valence-electron chi connectivity index (χ0n) is 10.9. The molecule has 0 heterocycles. The summed E-state index contributed by atoms with van der Waals surface area (Å²) in [4.78, 5) is 0. The molecular weight excluding hydrogens is 234 g/mol. The van der Waals surface area contributed by atoms with Crippen LogP contribution in [0.1, 0.15) is 39.4 Å². The largest absolute Gasteiger partial charge is 0.387 e. The molecule has 2 unspecified atom stereocenters. The van der Waals surface area contributed by atoms with Gasteiger partial charge in [0, 0.05) is 17.1 Å². The zero-order chi connectivity index (χ0) is 13.0. The van der Waals surface area contributed by atoms with Crippen LogP contribution in [0.4, 0.5) is 0 Å². The Morgan fingerprint density at radius 1 is 1.06 bits per heavy atom. The van der Waals surface area contributed by atoms with Crippen LogP contribution in [0.3, 0.4) is 0 Å². The van der Waals surface area contributed by atoms with Gasteiger partial charge in [0.05, 0.1) is 6.10 Å². The van der Waals surface area contributed by atoms with Gasteiger partial charge < -0.3 is 10.4 Å². The minimum atomic E-state index is -0.505. The van der Waals surface area contributed by atoms with Gasteiger partial charge in [-0.2, -0.15) is 0 Å². The smallest absolute Gasteiger partial charge is 0.0945 e. The van der Waals surface area contributed by atoms with Crippen LogP contribution < -0.4 is 5.32 Å². The fourth-order valence-electron chi connectivity index (χ4n) is 1.90. The van der Waals surface area contributed by atoms with Crippen LogP contribution in [-0.2, 0) is 0 Å². The van der Waals surface area contributed by atoms with Crippen molar-refractivity contribution in [3.8, 4) is 0 Å². The van der Waals surface area contributed by atoms with E-state index in [9.17, 15) is 5.11 Å². The summed E-state index contributed by atoms with van der Waals surface area (Å²) >= 11 is 5.85. The Morgan fingerprint density at radius 2 is 1.59 bits per heavy atom. The molecule has 0 radical (unpaired) electrons. The summed E-state index contributed by atoms with van der Waals surface area (Å²) in [6.07, 6.45) is -0.505. The third-order valence-electron chi connectivity index (χ3n) is 2.80. The van der Waals surface area contributed by atoms with Gasteiger partial charge in [-0.25, -0.2) is 0 Å². The second-order valence-corrected chi connectivity index (χ2v) is 5.52. The van der Waals surface area contributed by atoms with E-state index in [1.165, 1.54) is 0 Å². The number of rotatable bonds is 5. The Balaban J connectivity index is 2.83. The Kier molecular flexibility index (Phi) is 5.44. The summed E-state index contributed by atoms with van der Waals surface area (Å²) in [5.74, 6) is 0.364. The topological polar surface area (TPSA) is 32.3 Å². The summed E-state index contributed by atoms with van der Waals surface area (Å²) in [5, 5.41) is 14.5. The molecule has 2 nitrogen and oxygen atoms in total. The lowest BCUT2D eigenvalue weighted by Gasteiger charge is -2.29. The number of aliphatic hydroxyl groups is 1. The van der Waals surface area contributed by atoms with E-state index in [0.29, 0.717) is 17.0 Å². The van der Waals surface area contributed by atoms with Crippen molar-refractivity contribution in [1.82, 2.24) is 5.32 Å². The van der Waals surface area contributed by atoms with Gasteiger partial charge in [0.1, 0.15) is 0 Å². The Hall–Kier alpha value is -0.570. The van der Waals surface area contributed by atoms with Crippen molar-refractivity contribution in [3.63, 3.8) is 0 Å². The second-order valence-electron chi connectivity index (χ2n) is 5.09. The van der Waals surface area contributed by atoms with E-state index in [-0.39, 0.29) is 6.04 Å². The van der Waals surface area contributed by atoms with Crippen LogP contribution in [0, 0.1) is 5.92 Å². The quantitative estimate of drug-likeness (QED) is 0.845. The Bertz CT molecular complexity index is 335. The van der Waals surface area contributed by atoms with E-state index in [1.807, 2.05) is 24.3 Å². The molecule has 17 heavy (non-hydrogen) atoms. The molecule has 0 saturated heterocycles. The first-order chi connectivity index (χ1) is 7.91. The van der Waals surface area contributed by atoms with E-state index in [2.05, 4.69) is 33.0 Å². The predicted octanol–water partition coefficient (Wildman–Crippen LogP) is 3.40.